The first kappa shape index (κ1) is 15.9. The molecule has 0 saturated carbocycles. The Kier molecular flexibility index (Phi) is 4.40. The van der Waals surface area contributed by atoms with Crippen LogP contribution in [-0.2, 0) is 33.4 Å². The average Bonchev–Trinajstić information content (AvgIpc) is 2.88. The zero-order chi connectivity index (χ0) is 16.4. The van der Waals surface area contributed by atoms with Gasteiger partial charge in [0.2, 0.25) is 0 Å². The molecule has 2 aliphatic rings. The van der Waals surface area contributed by atoms with Gasteiger partial charge in [0.05, 0.1) is 0 Å². The molecule has 10 heteroatoms. The van der Waals surface area contributed by atoms with Gasteiger partial charge in [-0.2, -0.15) is 0 Å². The maximum Gasteiger partial charge on any atom is 0.333 e. The highest BCUT2D eigenvalue weighted by molar-refractivity contribution is 6.44. The summed E-state index contributed by atoms with van der Waals surface area (Å²) in [5.41, 5.74) is 0. The summed E-state index contributed by atoms with van der Waals surface area (Å²) in [6.45, 7) is 2.18. The molecule has 0 aromatic heterocycles. The summed E-state index contributed by atoms with van der Waals surface area (Å²) in [6.07, 6.45) is -2.74. The lowest BCUT2D eigenvalue weighted by atomic mass is 10.2. The van der Waals surface area contributed by atoms with Crippen molar-refractivity contribution < 1.29 is 38.2 Å². The van der Waals surface area contributed by atoms with Crippen LogP contribution in [0.5, 0.6) is 0 Å². The van der Waals surface area contributed by atoms with Crippen molar-refractivity contribution in [3.05, 3.63) is 0 Å². The van der Waals surface area contributed by atoms with E-state index in [1.165, 1.54) is 13.8 Å². The largest absolute Gasteiger partial charge is 0.463 e. The number of esters is 2. The van der Waals surface area contributed by atoms with Gasteiger partial charge < -0.3 is 14.2 Å². The predicted octanol–water partition coefficient (Wildman–Crippen LogP) is -1.33. The first-order chi connectivity index (χ1) is 10.3. The van der Waals surface area contributed by atoms with Gasteiger partial charge in [-0.15, -0.1) is 0 Å². The Morgan fingerprint density at radius 3 is 2.45 bits per heavy atom. The highest BCUT2D eigenvalue weighted by Crippen LogP contribution is 2.27. The minimum absolute atomic E-state index is 0.0159. The molecule has 2 saturated heterocycles. The van der Waals surface area contributed by atoms with E-state index >= 15 is 0 Å². The fraction of sp³-hybridized carbons (Fsp3) is 0.583. The van der Waals surface area contributed by atoms with E-state index < -0.39 is 48.2 Å². The molecule has 2 rings (SSSR count). The lowest BCUT2D eigenvalue weighted by Gasteiger charge is -2.19. The third kappa shape index (κ3) is 3.22. The van der Waals surface area contributed by atoms with Crippen LogP contribution in [0.2, 0.25) is 0 Å². The third-order valence-corrected chi connectivity index (χ3v) is 3.09. The number of carbonyl (C=O) groups is 5. The van der Waals surface area contributed by atoms with Gasteiger partial charge in [0.25, 0.3) is 0 Å². The monoisotopic (exact) mass is 314 g/mol. The van der Waals surface area contributed by atoms with Crippen LogP contribution in [-0.4, -0.2) is 59.7 Å². The fourth-order valence-electron chi connectivity index (χ4n) is 2.22. The number of rotatable bonds is 4. The topological polar surface area (TPSA) is 128 Å². The molecule has 0 aromatic carbocycles. The predicted molar refractivity (Wildman–Crippen MR) is 65.8 cm³/mol. The first-order valence-corrected chi connectivity index (χ1v) is 6.44. The van der Waals surface area contributed by atoms with Gasteiger partial charge in [-0.05, 0) is 0 Å². The second kappa shape index (κ2) is 6.10. The van der Waals surface area contributed by atoms with Crippen LogP contribution in [0.15, 0.2) is 0 Å². The van der Waals surface area contributed by atoms with Gasteiger partial charge in [0.15, 0.2) is 0 Å². The molecule has 1 N–H and O–H groups in total. The number of hydrogen-bond acceptors (Lipinski definition) is 8. The Hall–Kier alpha value is -2.49. The van der Waals surface area contributed by atoms with E-state index in [0.717, 1.165) is 0 Å². The molecule has 2 aliphatic heterocycles. The highest BCUT2D eigenvalue weighted by atomic mass is 16.6. The van der Waals surface area contributed by atoms with E-state index in [1.54, 1.807) is 0 Å². The zero-order valence-electron chi connectivity index (χ0n) is 11.9. The Balaban J connectivity index is 2.10. The SMILES string of the molecule is CC(=O)OC[C@H]1O[C@@H](N2C(=O)NC(=O)C2=O)C[C@@H]1OC(C)=O. The minimum atomic E-state index is -1.08. The molecular weight excluding hydrogens is 300 g/mol. The molecule has 0 aliphatic carbocycles. The van der Waals surface area contributed by atoms with Crippen LogP contribution in [0.4, 0.5) is 4.79 Å². The Morgan fingerprint density at radius 1 is 1.27 bits per heavy atom. The number of nitrogens with zero attached hydrogens (tertiary/aromatic N) is 1. The van der Waals surface area contributed by atoms with E-state index in [9.17, 15) is 24.0 Å². The lowest BCUT2D eigenvalue weighted by molar-refractivity contribution is -0.157. The molecule has 0 unspecified atom stereocenters. The van der Waals surface area contributed by atoms with Crippen molar-refractivity contribution >= 4 is 29.8 Å². The van der Waals surface area contributed by atoms with Crippen LogP contribution >= 0.6 is 0 Å². The third-order valence-electron chi connectivity index (χ3n) is 3.09. The van der Waals surface area contributed by atoms with E-state index in [-0.39, 0.29) is 13.0 Å². The van der Waals surface area contributed by atoms with Crippen molar-refractivity contribution in [3.8, 4) is 0 Å². The minimum Gasteiger partial charge on any atom is -0.463 e. The number of nitrogens with one attached hydrogen (secondary N) is 1. The lowest BCUT2D eigenvalue weighted by Crippen LogP contribution is -2.41. The summed E-state index contributed by atoms with van der Waals surface area (Å²) in [5, 5.41) is 1.84. The van der Waals surface area contributed by atoms with Gasteiger partial charge in [0, 0.05) is 20.3 Å². The van der Waals surface area contributed by atoms with Crippen LogP contribution in [0, 0.1) is 0 Å². The number of imide groups is 2. The fourth-order valence-corrected chi connectivity index (χ4v) is 2.22. The van der Waals surface area contributed by atoms with E-state index in [1.807, 2.05) is 5.32 Å². The van der Waals surface area contributed by atoms with Crippen molar-refractivity contribution in [3.63, 3.8) is 0 Å². The Labute approximate surface area is 124 Å². The number of amides is 4. The van der Waals surface area contributed by atoms with Crippen molar-refractivity contribution in [2.24, 2.45) is 0 Å². The van der Waals surface area contributed by atoms with Crippen LogP contribution < -0.4 is 5.32 Å². The van der Waals surface area contributed by atoms with Gasteiger partial charge >= 0.3 is 29.8 Å². The summed E-state index contributed by atoms with van der Waals surface area (Å²) in [4.78, 5) is 56.9. The highest BCUT2D eigenvalue weighted by Gasteiger charge is 2.49. The summed E-state index contributed by atoms with van der Waals surface area (Å²) in [5.74, 6) is -3.25. The number of ether oxygens (including phenoxy) is 3. The summed E-state index contributed by atoms with van der Waals surface area (Å²) >= 11 is 0. The van der Waals surface area contributed by atoms with Crippen LogP contribution in [0.1, 0.15) is 20.3 Å². The molecule has 2 fully saturated rings. The maximum atomic E-state index is 11.6. The van der Waals surface area contributed by atoms with E-state index in [4.69, 9.17) is 14.2 Å². The second-order valence-electron chi connectivity index (χ2n) is 4.75. The molecule has 120 valence electrons. The van der Waals surface area contributed by atoms with Gasteiger partial charge in [-0.3, -0.25) is 24.5 Å². The first-order valence-electron chi connectivity index (χ1n) is 6.44. The number of carbonyl (C=O) groups excluding carboxylic acids is 5. The molecule has 10 nitrogen and oxygen atoms in total. The Bertz CT molecular complexity index is 545. The molecule has 22 heavy (non-hydrogen) atoms. The van der Waals surface area contributed by atoms with Crippen molar-refractivity contribution in [1.82, 2.24) is 10.2 Å². The molecule has 0 spiro atoms. The second-order valence-corrected chi connectivity index (χ2v) is 4.75. The molecule has 3 atom stereocenters. The van der Waals surface area contributed by atoms with Crippen molar-refractivity contribution in [2.45, 2.75) is 38.7 Å². The summed E-state index contributed by atoms with van der Waals surface area (Å²) in [6, 6.07) is -0.908. The standard InChI is InChI=1S/C12H14N2O8/c1-5(15)20-4-8-7(21-6(2)16)3-9(22-8)14-11(18)10(17)13-12(14)19/h7-9H,3-4H2,1-2H3,(H,13,17,19)/t7-,8+,9+/m0/s1. The van der Waals surface area contributed by atoms with Gasteiger partial charge in [-0.1, -0.05) is 0 Å². The molecule has 0 bridgehead atoms. The summed E-state index contributed by atoms with van der Waals surface area (Å²) < 4.78 is 15.3. The Morgan fingerprint density at radius 2 is 1.95 bits per heavy atom. The van der Waals surface area contributed by atoms with Crippen LogP contribution in [0.25, 0.3) is 0 Å². The smallest absolute Gasteiger partial charge is 0.333 e. The van der Waals surface area contributed by atoms with Crippen molar-refractivity contribution in [2.75, 3.05) is 6.61 Å². The van der Waals surface area contributed by atoms with E-state index in [2.05, 4.69) is 0 Å². The molecule has 4 amide bonds. The average molecular weight is 314 g/mol. The molecule has 0 radical (unpaired) electrons. The summed E-state index contributed by atoms with van der Waals surface area (Å²) in [7, 11) is 0. The van der Waals surface area contributed by atoms with Gasteiger partial charge in [0.1, 0.15) is 25.0 Å². The van der Waals surface area contributed by atoms with Crippen LogP contribution in [0.3, 0.4) is 0 Å². The molecule has 0 aromatic rings. The molecular formula is C12H14N2O8. The number of hydrogen-bond donors (Lipinski definition) is 1. The number of urea groups is 1. The normalized spacial score (nSPS) is 27.8. The quantitative estimate of drug-likeness (QED) is 0.384. The van der Waals surface area contributed by atoms with Gasteiger partial charge in [-0.25, -0.2) is 9.69 Å². The van der Waals surface area contributed by atoms with E-state index in [0.29, 0.717) is 4.90 Å². The molecule has 2 heterocycles. The maximum absolute atomic E-state index is 11.6. The van der Waals surface area contributed by atoms with Crippen molar-refractivity contribution in [1.29, 1.82) is 0 Å². The zero-order valence-corrected chi connectivity index (χ0v) is 11.9.